The van der Waals surface area contributed by atoms with Gasteiger partial charge in [0.25, 0.3) is 0 Å². The lowest BCUT2D eigenvalue weighted by Crippen LogP contribution is -2.62. The fourth-order valence-corrected chi connectivity index (χ4v) is 10.1. The lowest BCUT2D eigenvalue weighted by molar-refractivity contribution is -0.319. The van der Waals surface area contributed by atoms with Crippen LogP contribution in [0.2, 0.25) is 0 Å². The standard InChI is InChI=1S/C41H75NO13/c1-13-29-41(10,49)34(45)23(4)31(43)21(2)19-39(8,48)36(55-38-32(44)28(18-22(3)51-38)42(11)27-16-14-15-17-27)24(5)33(25(6)37(47)53-29)54-30-20-40(9,50-12)35(46)26(7)52-30/h21-36,38,43-46,48-49H,13-20H2,1-12H3/t21-,22-,23+,24+,25-,26+,28+,29-,30-,31+,32-,33+,34-,35+,36-,38+,39-,40-,41-/m1/s1. The summed E-state index contributed by atoms with van der Waals surface area (Å²) in [4.78, 5) is 16.5. The smallest absolute Gasteiger partial charge is 0.311 e. The number of rotatable bonds is 8. The normalized spacial score (nSPS) is 50.1. The molecule has 0 aromatic carbocycles. The number of hydrogen-bond donors (Lipinski definition) is 6. The molecule has 0 aromatic heterocycles. The van der Waals surface area contributed by atoms with Crippen LogP contribution in [-0.4, -0.2) is 152 Å². The molecule has 0 unspecified atom stereocenters. The molecule has 1 saturated carbocycles. The maximum Gasteiger partial charge on any atom is 0.311 e. The number of nitrogens with zero attached hydrogens (tertiary/aromatic N) is 1. The summed E-state index contributed by atoms with van der Waals surface area (Å²) in [5, 5.41) is 70.2. The average molecular weight is 790 g/mol. The van der Waals surface area contributed by atoms with Gasteiger partial charge >= 0.3 is 5.97 Å². The number of aliphatic hydroxyl groups excluding tert-OH is 4. The molecule has 322 valence electrons. The molecule has 0 radical (unpaired) electrons. The van der Waals surface area contributed by atoms with Crippen LogP contribution in [0.5, 0.6) is 0 Å². The van der Waals surface area contributed by atoms with E-state index < -0.39 is 108 Å². The number of hydrogen-bond acceptors (Lipinski definition) is 14. The Morgan fingerprint density at radius 3 is 2.05 bits per heavy atom. The maximum atomic E-state index is 14.2. The number of carbonyl (C=O) groups is 1. The van der Waals surface area contributed by atoms with Gasteiger partial charge in [-0.25, -0.2) is 0 Å². The van der Waals surface area contributed by atoms with E-state index in [9.17, 15) is 35.4 Å². The van der Waals surface area contributed by atoms with Gasteiger partial charge in [-0.2, -0.15) is 0 Å². The fraction of sp³-hybridized carbons (Fsp3) is 0.976. The van der Waals surface area contributed by atoms with Crippen LogP contribution in [0.25, 0.3) is 0 Å². The van der Waals surface area contributed by atoms with Crippen LogP contribution in [0, 0.1) is 23.7 Å². The Kier molecular flexibility index (Phi) is 15.7. The summed E-state index contributed by atoms with van der Waals surface area (Å²) in [5.41, 5.74) is -4.71. The Labute approximate surface area is 329 Å². The summed E-state index contributed by atoms with van der Waals surface area (Å²) in [6.07, 6.45) is -5.99. The number of aliphatic hydroxyl groups is 6. The van der Waals surface area contributed by atoms with E-state index in [1.54, 1.807) is 55.4 Å². The van der Waals surface area contributed by atoms with E-state index in [0.29, 0.717) is 12.5 Å². The van der Waals surface area contributed by atoms with Crippen LogP contribution < -0.4 is 0 Å². The van der Waals surface area contributed by atoms with Crippen molar-refractivity contribution in [2.45, 2.75) is 217 Å². The van der Waals surface area contributed by atoms with E-state index in [0.717, 1.165) is 25.7 Å². The number of likely N-dealkylation sites (N-methyl/N-ethyl adjacent to an activating group) is 1. The second kappa shape index (κ2) is 18.5. The largest absolute Gasteiger partial charge is 0.459 e. The molecule has 3 heterocycles. The highest BCUT2D eigenvalue weighted by molar-refractivity contribution is 5.73. The van der Waals surface area contributed by atoms with Gasteiger partial charge in [0, 0.05) is 37.5 Å². The topological polar surface area (TPSA) is 197 Å². The minimum absolute atomic E-state index is 0.0280. The van der Waals surface area contributed by atoms with E-state index in [4.69, 9.17) is 28.4 Å². The molecule has 4 rings (SSSR count). The lowest BCUT2D eigenvalue weighted by atomic mass is 9.73. The fourth-order valence-electron chi connectivity index (χ4n) is 10.1. The van der Waals surface area contributed by atoms with Gasteiger partial charge in [0.15, 0.2) is 12.6 Å². The van der Waals surface area contributed by atoms with Gasteiger partial charge in [-0.05, 0) is 86.6 Å². The lowest BCUT2D eigenvalue weighted by Gasteiger charge is -2.50. The van der Waals surface area contributed by atoms with Gasteiger partial charge in [0.1, 0.15) is 23.9 Å². The molecule has 1 aliphatic carbocycles. The van der Waals surface area contributed by atoms with Gasteiger partial charge in [-0.15, -0.1) is 0 Å². The predicted octanol–water partition coefficient (Wildman–Crippen LogP) is 2.89. The molecule has 4 fully saturated rings. The van der Waals surface area contributed by atoms with Crippen molar-refractivity contribution < 1.29 is 63.9 Å². The minimum atomic E-state index is -1.93. The zero-order valence-electron chi connectivity index (χ0n) is 35.5. The minimum Gasteiger partial charge on any atom is -0.459 e. The number of esters is 1. The molecule has 6 N–H and O–H groups in total. The van der Waals surface area contributed by atoms with Crippen molar-refractivity contribution in [3.63, 3.8) is 0 Å². The third-order valence-electron chi connectivity index (χ3n) is 13.8. The SMILES string of the molecule is CC[C@H]1OC(=O)[C@H](C)[C@@H](O[C@@H]2C[C@@](C)(OC)[C@@H](O)[C@H](C)O2)[C@H](C)[C@@H](O[C@@H]2O[C@H](C)C[C@H](N(C)C3CCCC3)[C@H]2O)[C@](C)(O)C[C@@H](C)[C@H](O)[C@H](C)[C@@H](O)[C@]1(C)O. The maximum absolute atomic E-state index is 14.2. The first-order valence-corrected chi connectivity index (χ1v) is 20.8. The monoisotopic (exact) mass is 790 g/mol. The molecule has 3 aliphatic heterocycles. The Balaban J connectivity index is 1.80. The highest BCUT2D eigenvalue weighted by atomic mass is 16.7. The third kappa shape index (κ3) is 10.1. The first-order valence-electron chi connectivity index (χ1n) is 20.8. The van der Waals surface area contributed by atoms with Gasteiger partial charge in [-0.1, -0.05) is 40.5 Å². The Hall–Kier alpha value is -1.01. The molecule has 0 amide bonds. The molecule has 0 aromatic rings. The second-order valence-corrected chi connectivity index (χ2v) is 18.3. The number of methoxy groups -OCH3 is 1. The molecule has 0 spiro atoms. The van der Waals surface area contributed by atoms with Crippen molar-refractivity contribution in [1.82, 2.24) is 4.90 Å². The molecule has 3 saturated heterocycles. The van der Waals surface area contributed by atoms with E-state index in [-0.39, 0.29) is 31.4 Å². The van der Waals surface area contributed by atoms with Gasteiger partial charge in [0.05, 0.1) is 53.7 Å². The van der Waals surface area contributed by atoms with Gasteiger partial charge < -0.3 is 59.1 Å². The first-order chi connectivity index (χ1) is 25.5. The zero-order chi connectivity index (χ0) is 41.4. The summed E-state index contributed by atoms with van der Waals surface area (Å²) in [6, 6.07) is 0.0573. The molecule has 4 aliphatic rings. The van der Waals surface area contributed by atoms with Crippen molar-refractivity contribution in [3.05, 3.63) is 0 Å². The molecular formula is C41H75NO13. The van der Waals surface area contributed by atoms with Crippen molar-refractivity contribution >= 4 is 5.97 Å². The molecule has 19 atom stereocenters. The zero-order valence-corrected chi connectivity index (χ0v) is 35.5. The summed E-state index contributed by atoms with van der Waals surface area (Å²) < 4.78 is 37.7. The van der Waals surface area contributed by atoms with Crippen molar-refractivity contribution in [1.29, 1.82) is 0 Å². The average Bonchev–Trinajstić information content (AvgIpc) is 3.67. The number of ether oxygens (including phenoxy) is 6. The highest BCUT2D eigenvalue weighted by Crippen LogP contribution is 2.42. The summed E-state index contributed by atoms with van der Waals surface area (Å²) in [5.74, 6) is -4.09. The van der Waals surface area contributed by atoms with Crippen LogP contribution in [0.4, 0.5) is 0 Å². The van der Waals surface area contributed by atoms with E-state index in [2.05, 4.69) is 4.90 Å². The van der Waals surface area contributed by atoms with Crippen LogP contribution in [-0.2, 0) is 33.2 Å². The quantitative estimate of drug-likeness (QED) is 0.197. The molecular weight excluding hydrogens is 714 g/mol. The summed E-state index contributed by atoms with van der Waals surface area (Å²) in [6.45, 7) is 16.9. The van der Waals surface area contributed by atoms with E-state index in [1.807, 2.05) is 14.0 Å². The van der Waals surface area contributed by atoms with Crippen molar-refractivity contribution in [3.8, 4) is 0 Å². The van der Waals surface area contributed by atoms with Crippen LogP contribution >= 0.6 is 0 Å². The van der Waals surface area contributed by atoms with E-state index >= 15 is 0 Å². The summed E-state index contributed by atoms with van der Waals surface area (Å²) >= 11 is 0. The molecule has 0 bridgehead atoms. The third-order valence-corrected chi connectivity index (χ3v) is 13.8. The van der Waals surface area contributed by atoms with Crippen LogP contribution in [0.15, 0.2) is 0 Å². The Morgan fingerprint density at radius 1 is 0.855 bits per heavy atom. The molecule has 14 nitrogen and oxygen atoms in total. The van der Waals surface area contributed by atoms with Crippen molar-refractivity contribution in [2.24, 2.45) is 23.7 Å². The summed E-state index contributed by atoms with van der Waals surface area (Å²) in [7, 11) is 3.53. The highest BCUT2D eigenvalue weighted by Gasteiger charge is 2.54. The van der Waals surface area contributed by atoms with Gasteiger partial charge in [0.2, 0.25) is 0 Å². The Bertz CT molecular complexity index is 1230. The number of cyclic esters (lactones) is 1. The van der Waals surface area contributed by atoms with Gasteiger partial charge in [-0.3, -0.25) is 9.69 Å². The molecule has 55 heavy (non-hydrogen) atoms. The predicted molar refractivity (Wildman–Crippen MR) is 204 cm³/mol. The second-order valence-electron chi connectivity index (χ2n) is 18.3. The number of carbonyl (C=O) groups excluding carboxylic acids is 1. The first kappa shape index (κ1) is 46.7. The molecule has 14 heteroatoms. The van der Waals surface area contributed by atoms with Crippen LogP contribution in [0.1, 0.15) is 121 Å². The van der Waals surface area contributed by atoms with Crippen molar-refractivity contribution in [2.75, 3.05) is 14.2 Å². The Morgan fingerprint density at radius 2 is 1.47 bits per heavy atom. The van der Waals surface area contributed by atoms with E-state index in [1.165, 1.54) is 14.0 Å². The van der Waals surface area contributed by atoms with Crippen LogP contribution in [0.3, 0.4) is 0 Å².